The van der Waals surface area contributed by atoms with Gasteiger partial charge in [-0.15, -0.1) is 0 Å². The van der Waals surface area contributed by atoms with Crippen LogP contribution in [0.25, 0.3) is 5.52 Å². The third kappa shape index (κ3) is 2.07. The first kappa shape index (κ1) is 11.2. The van der Waals surface area contributed by atoms with Crippen LogP contribution in [0.5, 0.6) is 0 Å². The molecule has 2 aromatic heterocycles. The number of hydrogen-bond acceptors (Lipinski definition) is 4. The van der Waals surface area contributed by atoms with Gasteiger partial charge in [0.05, 0.1) is 0 Å². The Morgan fingerprint density at radius 3 is 2.78 bits per heavy atom. The Balaban J connectivity index is 1.87. The van der Waals surface area contributed by atoms with Crippen LogP contribution in [0.2, 0.25) is 0 Å². The molecule has 0 saturated carbocycles. The number of aromatic nitrogens is 3. The van der Waals surface area contributed by atoms with Crippen molar-refractivity contribution in [2.75, 3.05) is 4.72 Å². The molecule has 3 aromatic rings. The van der Waals surface area contributed by atoms with E-state index in [-0.39, 0.29) is 0 Å². The Morgan fingerprint density at radius 2 is 1.94 bits per heavy atom. The number of nitrogens with zero attached hydrogens (tertiary/aromatic N) is 3. The third-order valence-electron chi connectivity index (χ3n) is 2.49. The van der Waals surface area contributed by atoms with Crippen molar-refractivity contribution in [1.29, 1.82) is 0 Å². The fourth-order valence-corrected chi connectivity index (χ4v) is 2.29. The van der Waals surface area contributed by atoms with Gasteiger partial charge in [-0.1, -0.05) is 18.2 Å². The summed E-state index contributed by atoms with van der Waals surface area (Å²) in [6, 6.07) is 13.7. The number of hydrogen-bond donors (Lipinski definition) is 1. The zero-order chi connectivity index (χ0) is 12.4. The van der Waals surface area contributed by atoms with Crippen LogP contribution in [0.4, 0.5) is 5.82 Å². The average molecular weight is 252 g/mol. The van der Waals surface area contributed by atoms with Crippen LogP contribution in [-0.2, 0) is 0 Å². The van der Waals surface area contributed by atoms with E-state index in [0.717, 1.165) is 16.2 Å². The Bertz CT molecular complexity index is 668. The lowest BCUT2D eigenvalue weighted by Gasteiger charge is -2.06. The summed E-state index contributed by atoms with van der Waals surface area (Å²) >= 11 is 1.50. The topological polar surface area (TPSA) is 42.2 Å². The molecule has 0 aliphatic carbocycles. The third-order valence-corrected chi connectivity index (χ3v) is 3.29. The Hall–Kier alpha value is -1.95. The monoisotopic (exact) mass is 252 g/mol. The van der Waals surface area contributed by atoms with Crippen LogP contribution >= 0.6 is 11.9 Å². The van der Waals surface area contributed by atoms with Gasteiger partial charge in [-0.3, -0.25) is 0 Å². The summed E-state index contributed by atoms with van der Waals surface area (Å²) < 4.78 is 4.86. The molecule has 6 heteroatoms. The van der Waals surface area contributed by atoms with Gasteiger partial charge in [0.15, 0.2) is 5.82 Å². The minimum atomic E-state index is 0.597. The van der Waals surface area contributed by atoms with E-state index in [1.165, 1.54) is 18.3 Å². The van der Waals surface area contributed by atoms with Gasteiger partial charge < -0.3 is 4.72 Å². The van der Waals surface area contributed by atoms with Crippen LogP contribution in [0.1, 0.15) is 0 Å². The van der Waals surface area contributed by atoms with E-state index in [1.54, 1.807) is 4.52 Å². The highest BCUT2D eigenvalue weighted by Gasteiger charge is 2.05. The lowest BCUT2D eigenvalue weighted by Crippen LogP contribution is -2.12. The highest BCUT2D eigenvalue weighted by Crippen LogP contribution is 2.21. The van der Waals surface area contributed by atoms with Crippen molar-refractivity contribution in [3.63, 3.8) is 0 Å². The zero-order valence-electron chi connectivity index (χ0n) is 9.45. The molecule has 0 aliphatic rings. The molecule has 0 aliphatic heterocycles. The molecule has 0 saturated heterocycles. The fourth-order valence-electron chi connectivity index (χ4n) is 1.63. The summed E-state index contributed by atoms with van der Waals surface area (Å²) in [6.45, 7) is 0. The van der Waals surface area contributed by atoms with E-state index in [0.29, 0.717) is 5.59 Å². The predicted molar refractivity (Wildman–Crippen MR) is 74.3 cm³/mol. The smallest absolute Gasteiger partial charge is 0.164 e. The Labute approximate surface area is 110 Å². The first-order chi connectivity index (χ1) is 8.84. The number of benzene rings is 1. The molecule has 0 unspecified atom stereocenters. The summed E-state index contributed by atoms with van der Waals surface area (Å²) in [5.74, 6) is 0.746. The molecule has 0 amide bonds. The lowest BCUT2D eigenvalue weighted by atomic mass is 10.1. The molecule has 0 atom stereocenters. The molecule has 1 aromatic carbocycles. The molecular formula is C12H9BN4S. The van der Waals surface area contributed by atoms with Crippen molar-refractivity contribution < 1.29 is 0 Å². The van der Waals surface area contributed by atoms with Crippen LogP contribution < -0.4 is 10.3 Å². The molecule has 86 valence electrons. The quantitative estimate of drug-likeness (QED) is 0.568. The van der Waals surface area contributed by atoms with Crippen LogP contribution in [-0.4, -0.2) is 22.4 Å². The van der Waals surface area contributed by atoms with Crippen molar-refractivity contribution in [3.8, 4) is 0 Å². The summed E-state index contributed by atoms with van der Waals surface area (Å²) in [6.07, 6.45) is 1.48. The van der Waals surface area contributed by atoms with Gasteiger partial charge in [-0.2, -0.15) is 5.10 Å². The lowest BCUT2D eigenvalue weighted by molar-refractivity contribution is 0.928. The SMILES string of the molecule is [B]c1ccc2c(NSc3ccccc3)ncnn12. The summed E-state index contributed by atoms with van der Waals surface area (Å²) in [7, 11) is 5.79. The largest absolute Gasteiger partial charge is 0.308 e. The van der Waals surface area contributed by atoms with E-state index in [9.17, 15) is 0 Å². The molecule has 0 spiro atoms. The van der Waals surface area contributed by atoms with Crippen molar-refractivity contribution in [1.82, 2.24) is 14.6 Å². The van der Waals surface area contributed by atoms with Crippen molar-refractivity contribution in [3.05, 3.63) is 48.8 Å². The van der Waals surface area contributed by atoms with E-state index in [2.05, 4.69) is 14.8 Å². The summed E-state index contributed by atoms with van der Waals surface area (Å²) in [4.78, 5) is 5.34. The maximum absolute atomic E-state index is 5.79. The highest BCUT2D eigenvalue weighted by molar-refractivity contribution is 8.00. The van der Waals surface area contributed by atoms with Crippen molar-refractivity contribution in [2.24, 2.45) is 0 Å². The van der Waals surface area contributed by atoms with Crippen LogP contribution in [0, 0.1) is 0 Å². The van der Waals surface area contributed by atoms with Crippen LogP contribution in [0.3, 0.4) is 0 Å². The second kappa shape index (κ2) is 4.74. The first-order valence-electron chi connectivity index (χ1n) is 5.41. The maximum atomic E-state index is 5.79. The highest BCUT2D eigenvalue weighted by atomic mass is 32.2. The molecular weight excluding hydrogens is 243 g/mol. The second-order valence-corrected chi connectivity index (χ2v) is 4.56. The van der Waals surface area contributed by atoms with Gasteiger partial charge in [0.25, 0.3) is 0 Å². The summed E-state index contributed by atoms with van der Waals surface area (Å²) in [5, 5.41) is 4.09. The number of rotatable bonds is 3. The number of nitrogens with one attached hydrogen (secondary N) is 1. The standard InChI is InChI=1S/C12H9BN4S/c13-11-7-6-10-12(14-8-15-17(10)11)16-18-9-4-2-1-3-5-9/h1-8H,(H,14,15,16). The molecule has 2 heterocycles. The minimum absolute atomic E-state index is 0.597. The van der Waals surface area contributed by atoms with Gasteiger partial charge in [0, 0.05) is 4.90 Å². The molecule has 0 fully saturated rings. The van der Waals surface area contributed by atoms with E-state index in [4.69, 9.17) is 7.85 Å². The molecule has 1 N–H and O–H groups in total. The van der Waals surface area contributed by atoms with Gasteiger partial charge in [0.1, 0.15) is 19.7 Å². The zero-order valence-corrected chi connectivity index (χ0v) is 10.3. The number of fused-ring (bicyclic) bond motifs is 1. The summed E-state index contributed by atoms with van der Waals surface area (Å²) in [5.41, 5.74) is 1.46. The maximum Gasteiger partial charge on any atom is 0.164 e. The van der Waals surface area contributed by atoms with Gasteiger partial charge in [0.2, 0.25) is 0 Å². The molecule has 3 rings (SSSR count). The molecule has 2 radical (unpaired) electrons. The van der Waals surface area contributed by atoms with Crippen LogP contribution in [0.15, 0.2) is 53.7 Å². The van der Waals surface area contributed by atoms with Crippen molar-refractivity contribution in [2.45, 2.75) is 4.90 Å². The van der Waals surface area contributed by atoms with E-state index in [1.807, 2.05) is 42.5 Å². The predicted octanol–water partition coefficient (Wildman–Crippen LogP) is 1.64. The molecule has 0 bridgehead atoms. The molecule has 4 nitrogen and oxygen atoms in total. The van der Waals surface area contributed by atoms with Gasteiger partial charge >= 0.3 is 0 Å². The minimum Gasteiger partial charge on any atom is -0.308 e. The second-order valence-electron chi connectivity index (χ2n) is 3.68. The van der Waals surface area contributed by atoms with E-state index >= 15 is 0 Å². The Morgan fingerprint density at radius 1 is 1.11 bits per heavy atom. The van der Waals surface area contributed by atoms with Crippen molar-refractivity contribution >= 4 is 36.7 Å². The van der Waals surface area contributed by atoms with Gasteiger partial charge in [-0.05, 0) is 41.8 Å². The normalized spacial score (nSPS) is 10.7. The molecule has 18 heavy (non-hydrogen) atoms. The van der Waals surface area contributed by atoms with E-state index < -0.39 is 0 Å². The Kier molecular flexibility index (Phi) is 2.94. The van der Waals surface area contributed by atoms with Gasteiger partial charge in [-0.25, -0.2) is 9.50 Å². The number of anilines is 1. The first-order valence-corrected chi connectivity index (χ1v) is 6.22. The fraction of sp³-hybridized carbons (Fsp3) is 0. The average Bonchev–Trinajstić information content (AvgIpc) is 2.80.